The van der Waals surface area contributed by atoms with E-state index in [0.29, 0.717) is 17.3 Å². The van der Waals surface area contributed by atoms with Crippen LogP contribution in [0.3, 0.4) is 0 Å². The van der Waals surface area contributed by atoms with Gasteiger partial charge in [0.2, 0.25) is 0 Å². The zero-order valence-electron chi connectivity index (χ0n) is 7.09. The van der Waals surface area contributed by atoms with Crippen LogP contribution in [-0.4, -0.2) is 11.2 Å². The first-order valence-corrected chi connectivity index (χ1v) is 4.92. The topological polar surface area (TPSA) is 20.2 Å². The van der Waals surface area contributed by atoms with E-state index in [-0.39, 0.29) is 6.10 Å². The van der Waals surface area contributed by atoms with Crippen LogP contribution in [0, 0.1) is 23.2 Å². The van der Waals surface area contributed by atoms with Crippen LogP contribution in [0.5, 0.6) is 0 Å². The van der Waals surface area contributed by atoms with Crippen molar-refractivity contribution in [1.29, 1.82) is 0 Å². The van der Waals surface area contributed by atoms with E-state index in [9.17, 15) is 5.11 Å². The Labute approximate surface area is 67.8 Å². The zero-order valence-corrected chi connectivity index (χ0v) is 7.09. The monoisotopic (exact) mass is 152 g/mol. The smallest absolute Gasteiger partial charge is 0.0602 e. The molecule has 3 fully saturated rings. The van der Waals surface area contributed by atoms with Gasteiger partial charge < -0.3 is 5.11 Å². The van der Waals surface area contributed by atoms with E-state index in [4.69, 9.17) is 0 Å². The van der Waals surface area contributed by atoms with E-state index < -0.39 is 0 Å². The molecule has 0 amide bonds. The number of hydrogen-bond acceptors (Lipinski definition) is 1. The molecule has 11 heavy (non-hydrogen) atoms. The molecule has 0 aromatic heterocycles. The molecule has 3 aliphatic carbocycles. The van der Waals surface area contributed by atoms with Crippen LogP contribution in [0.2, 0.25) is 0 Å². The minimum atomic E-state index is 0.0833. The molecule has 1 nitrogen and oxygen atoms in total. The second-order valence-electron chi connectivity index (χ2n) is 4.98. The Kier molecular flexibility index (Phi) is 0.976. The summed E-state index contributed by atoms with van der Waals surface area (Å²) in [4.78, 5) is 0. The molecule has 3 aliphatic rings. The van der Waals surface area contributed by atoms with E-state index in [1.54, 1.807) is 0 Å². The molecular weight excluding hydrogens is 136 g/mol. The Morgan fingerprint density at radius 1 is 1.36 bits per heavy atom. The van der Waals surface area contributed by atoms with Crippen LogP contribution >= 0.6 is 0 Å². The molecule has 0 aromatic carbocycles. The number of hydrogen-bond donors (Lipinski definition) is 1. The van der Waals surface area contributed by atoms with Crippen molar-refractivity contribution in [2.45, 2.75) is 38.7 Å². The van der Waals surface area contributed by atoms with Crippen molar-refractivity contribution in [3.05, 3.63) is 0 Å². The maximum atomic E-state index is 9.82. The summed E-state index contributed by atoms with van der Waals surface area (Å²) in [7, 11) is 0. The van der Waals surface area contributed by atoms with Gasteiger partial charge in [-0.25, -0.2) is 0 Å². The molecule has 0 saturated heterocycles. The van der Waals surface area contributed by atoms with Crippen molar-refractivity contribution in [3.63, 3.8) is 0 Å². The molecule has 0 radical (unpaired) electrons. The fraction of sp³-hybridized carbons (Fsp3) is 1.00. The van der Waals surface area contributed by atoms with Gasteiger partial charge in [-0.15, -0.1) is 0 Å². The van der Waals surface area contributed by atoms with Crippen LogP contribution < -0.4 is 0 Å². The summed E-state index contributed by atoms with van der Waals surface area (Å²) in [5, 5.41) is 9.82. The lowest BCUT2D eigenvalue weighted by Crippen LogP contribution is -2.13. The molecule has 0 heterocycles. The fourth-order valence-electron chi connectivity index (χ4n) is 2.89. The first-order valence-electron chi connectivity index (χ1n) is 4.92. The maximum absolute atomic E-state index is 9.82. The van der Waals surface area contributed by atoms with Gasteiger partial charge in [0.25, 0.3) is 0 Å². The van der Waals surface area contributed by atoms with Gasteiger partial charge in [0.05, 0.1) is 6.10 Å². The molecule has 3 saturated carbocycles. The van der Waals surface area contributed by atoms with E-state index >= 15 is 0 Å². The van der Waals surface area contributed by atoms with Gasteiger partial charge in [0.15, 0.2) is 0 Å². The van der Waals surface area contributed by atoms with Crippen molar-refractivity contribution < 1.29 is 5.11 Å². The standard InChI is InChI=1S/C10H16O/c1-6-4-10(6)5-8(10)9(11)7-2-3-7/h6-9,11H,2-5H2,1H3. The molecule has 0 bridgehead atoms. The lowest BCUT2D eigenvalue weighted by molar-refractivity contribution is 0.119. The van der Waals surface area contributed by atoms with Crippen molar-refractivity contribution in [1.82, 2.24) is 0 Å². The molecule has 0 aromatic rings. The summed E-state index contributed by atoms with van der Waals surface area (Å²) in [6.07, 6.45) is 5.41. The first kappa shape index (κ1) is 6.47. The Bertz CT molecular complexity index is 197. The predicted octanol–water partition coefficient (Wildman–Crippen LogP) is 1.80. The van der Waals surface area contributed by atoms with Crippen molar-refractivity contribution >= 4 is 0 Å². The van der Waals surface area contributed by atoms with Gasteiger partial charge in [0.1, 0.15) is 0 Å². The van der Waals surface area contributed by atoms with Crippen molar-refractivity contribution in [3.8, 4) is 0 Å². The summed E-state index contributed by atoms with van der Waals surface area (Å²) in [5.74, 6) is 2.35. The van der Waals surface area contributed by atoms with E-state index in [1.165, 1.54) is 25.7 Å². The molecule has 3 rings (SSSR count). The summed E-state index contributed by atoms with van der Waals surface area (Å²) >= 11 is 0. The Balaban J connectivity index is 1.65. The third-order valence-electron chi connectivity index (χ3n) is 4.20. The SMILES string of the molecule is CC1CC12CC2C(O)C1CC1. The van der Waals surface area contributed by atoms with Gasteiger partial charge in [-0.05, 0) is 48.9 Å². The number of aliphatic hydroxyl groups excluding tert-OH is 1. The molecule has 1 spiro atoms. The van der Waals surface area contributed by atoms with Crippen LogP contribution in [0.1, 0.15) is 32.6 Å². The van der Waals surface area contributed by atoms with Gasteiger partial charge in [0, 0.05) is 0 Å². The highest BCUT2D eigenvalue weighted by molar-refractivity contribution is 5.19. The molecule has 1 N–H and O–H groups in total. The Morgan fingerprint density at radius 3 is 2.36 bits per heavy atom. The quantitative estimate of drug-likeness (QED) is 0.639. The van der Waals surface area contributed by atoms with Crippen LogP contribution in [-0.2, 0) is 0 Å². The molecule has 0 aliphatic heterocycles. The van der Waals surface area contributed by atoms with Gasteiger partial charge in [-0.1, -0.05) is 6.92 Å². The predicted molar refractivity (Wildman–Crippen MR) is 43.1 cm³/mol. The zero-order chi connectivity index (χ0) is 7.64. The van der Waals surface area contributed by atoms with Crippen LogP contribution in [0.4, 0.5) is 0 Å². The largest absolute Gasteiger partial charge is 0.393 e. The molecule has 4 atom stereocenters. The number of rotatable bonds is 2. The summed E-state index contributed by atoms with van der Waals surface area (Å²) in [6.45, 7) is 2.33. The van der Waals surface area contributed by atoms with E-state index in [2.05, 4.69) is 6.92 Å². The van der Waals surface area contributed by atoms with Gasteiger partial charge in [-0.2, -0.15) is 0 Å². The summed E-state index contributed by atoms with van der Waals surface area (Å²) < 4.78 is 0. The minimum absolute atomic E-state index is 0.0833. The van der Waals surface area contributed by atoms with Crippen LogP contribution in [0.15, 0.2) is 0 Å². The molecule has 4 unspecified atom stereocenters. The second kappa shape index (κ2) is 1.66. The third kappa shape index (κ3) is 0.752. The third-order valence-corrected chi connectivity index (χ3v) is 4.20. The normalized spacial score (nSPS) is 56.2. The first-order chi connectivity index (χ1) is 5.24. The molecule has 1 heteroatoms. The molecule has 62 valence electrons. The maximum Gasteiger partial charge on any atom is 0.0602 e. The fourth-order valence-corrected chi connectivity index (χ4v) is 2.89. The van der Waals surface area contributed by atoms with Crippen molar-refractivity contribution in [2.75, 3.05) is 0 Å². The lowest BCUT2D eigenvalue weighted by Gasteiger charge is -2.06. The summed E-state index contributed by atoms with van der Waals surface area (Å²) in [5.41, 5.74) is 0.669. The Morgan fingerprint density at radius 2 is 2.00 bits per heavy atom. The summed E-state index contributed by atoms with van der Waals surface area (Å²) in [6, 6.07) is 0. The average molecular weight is 152 g/mol. The Hall–Kier alpha value is -0.0400. The lowest BCUT2D eigenvalue weighted by atomic mass is 10.1. The van der Waals surface area contributed by atoms with E-state index in [1.807, 2.05) is 0 Å². The highest BCUT2D eigenvalue weighted by Gasteiger charge is 2.70. The number of aliphatic hydroxyl groups is 1. The van der Waals surface area contributed by atoms with Gasteiger partial charge in [-0.3, -0.25) is 0 Å². The highest BCUT2D eigenvalue weighted by atomic mass is 16.3. The van der Waals surface area contributed by atoms with E-state index in [0.717, 1.165) is 5.92 Å². The van der Waals surface area contributed by atoms with Crippen molar-refractivity contribution in [2.24, 2.45) is 23.2 Å². The molecular formula is C10H16O. The average Bonchev–Trinajstić information content (AvgIpc) is 2.82. The van der Waals surface area contributed by atoms with Gasteiger partial charge >= 0.3 is 0 Å². The van der Waals surface area contributed by atoms with Crippen LogP contribution in [0.25, 0.3) is 0 Å². The second-order valence-corrected chi connectivity index (χ2v) is 4.98. The minimum Gasteiger partial charge on any atom is -0.393 e. The highest BCUT2D eigenvalue weighted by Crippen LogP contribution is 2.76.